The largest absolute Gasteiger partial charge is 0.466 e. The molecule has 3 aliphatic rings. The van der Waals surface area contributed by atoms with Gasteiger partial charge in [0.15, 0.2) is 5.13 Å². The monoisotopic (exact) mass is 677 g/mol. The fraction of sp³-hybridized carbons (Fsp3) is 0.533. The second-order valence-corrected chi connectivity index (χ2v) is 14.2. The van der Waals surface area contributed by atoms with Gasteiger partial charge in [-0.3, -0.25) is 14.5 Å². The zero-order chi connectivity index (χ0) is 30.8. The van der Waals surface area contributed by atoms with E-state index in [1.807, 2.05) is 23.3 Å². The molecular weight excluding hydrogens is 641 g/mol. The van der Waals surface area contributed by atoms with Gasteiger partial charge in [-0.15, -0.1) is 11.3 Å². The molecule has 0 unspecified atom stereocenters. The van der Waals surface area contributed by atoms with E-state index in [0.29, 0.717) is 73.3 Å². The SMILES string of the molecule is CCOC(=O)C1CCN(c2nc(C(=O)N3CCC(N4CCN(c5sc(N)nc5-c5cc(Cl)cs5)CC4)CC3)ccc2Cl)CC1. The summed E-state index contributed by atoms with van der Waals surface area (Å²) >= 11 is 15.8. The number of halogens is 2. The minimum atomic E-state index is -0.139. The molecule has 0 spiro atoms. The number of thiophene rings is 1. The quantitative estimate of drug-likeness (QED) is 0.331. The maximum absolute atomic E-state index is 13.5. The average molecular weight is 679 g/mol. The maximum Gasteiger partial charge on any atom is 0.309 e. The highest BCUT2D eigenvalue weighted by Gasteiger charge is 2.32. The molecule has 0 aliphatic carbocycles. The molecule has 0 bridgehead atoms. The number of piperazine rings is 1. The number of ether oxygens (including phenoxy) is 1. The van der Waals surface area contributed by atoms with E-state index in [1.165, 1.54) is 11.3 Å². The van der Waals surface area contributed by atoms with Crippen LogP contribution in [0.25, 0.3) is 10.6 Å². The van der Waals surface area contributed by atoms with Crippen LogP contribution < -0.4 is 15.5 Å². The first-order valence-corrected chi connectivity index (χ1v) is 17.6. The Morgan fingerprint density at radius 3 is 2.36 bits per heavy atom. The first-order valence-electron chi connectivity index (χ1n) is 15.2. The molecule has 0 atom stereocenters. The smallest absolute Gasteiger partial charge is 0.309 e. The molecule has 0 aromatic carbocycles. The van der Waals surface area contributed by atoms with Crippen molar-refractivity contribution in [1.29, 1.82) is 0 Å². The topological polar surface area (TPSA) is 108 Å². The summed E-state index contributed by atoms with van der Waals surface area (Å²) in [6.45, 7) is 8.62. The van der Waals surface area contributed by atoms with Crippen molar-refractivity contribution < 1.29 is 14.3 Å². The number of esters is 1. The Kier molecular flexibility index (Phi) is 9.82. The molecule has 6 heterocycles. The first kappa shape index (κ1) is 31.3. The Labute approximate surface area is 275 Å². The van der Waals surface area contributed by atoms with Gasteiger partial charge in [-0.25, -0.2) is 9.97 Å². The lowest BCUT2D eigenvalue weighted by atomic mass is 9.97. The van der Waals surface area contributed by atoms with E-state index < -0.39 is 0 Å². The lowest BCUT2D eigenvalue weighted by Crippen LogP contribution is -2.53. The number of carbonyl (C=O) groups excluding carboxylic acids is 2. The summed E-state index contributed by atoms with van der Waals surface area (Å²) in [6, 6.07) is 5.87. The van der Waals surface area contributed by atoms with Gasteiger partial charge in [-0.2, -0.15) is 0 Å². The van der Waals surface area contributed by atoms with E-state index in [-0.39, 0.29) is 17.8 Å². The van der Waals surface area contributed by atoms with Crippen LogP contribution in [-0.2, 0) is 9.53 Å². The van der Waals surface area contributed by atoms with Crippen molar-refractivity contribution in [1.82, 2.24) is 19.8 Å². The molecule has 0 radical (unpaired) electrons. The number of pyridine rings is 1. The summed E-state index contributed by atoms with van der Waals surface area (Å²) in [4.78, 5) is 44.9. The van der Waals surface area contributed by atoms with Crippen molar-refractivity contribution in [3.63, 3.8) is 0 Å². The highest BCUT2D eigenvalue weighted by molar-refractivity contribution is 7.20. The zero-order valence-electron chi connectivity index (χ0n) is 24.7. The number of amides is 1. The lowest BCUT2D eigenvalue weighted by Gasteiger charge is -2.43. The summed E-state index contributed by atoms with van der Waals surface area (Å²) in [5, 5.41) is 4.84. The van der Waals surface area contributed by atoms with Gasteiger partial charge in [0.05, 0.1) is 27.4 Å². The summed E-state index contributed by atoms with van der Waals surface area (Å²) in [7, 11) is 0. The summed E-state index contributed by atoms with van der Waals surface area (Å²) in [5.74, 6) is 0.311. The van der Waals surface area contributed by atoms with E-state index in [2.05, 4.69) is 19.7 Å². The minimum absolute atomic E-state index is 0.0587. The van der Waals surface area contributed by atoms with Crippen molar-refractivity contribution in [3.05, 3.63) is 39.3 Å². The van der Waals surface area contributed by atoms with E-state index in [0.717, 1.165) is 59.6 Å². The molecule has 10 nitrogen and oxygen atoms in total. The van der Waals surface area contributed by atoms with Crippen molar-refractivity contribution in [2.45, 2.75) is 38.6 Å². The highest BCUT2D eigenvalue weighted by atomic mass is 35.5. The van der Waals surface area contributed by atoms with Crippen LogP contribution in [0.15, 0.2) is 23.6 Å². The number of nitrogens with two attached hydrogens (primary N) is 1. The molecule has 3 aliphatic heterocycles. The van der Waals surface area contributed by atoms with Crippen LogP contribution in [0.2, 0.25) is 10.0 Å². The standard InChI is InChI=1S/C30H37Cl2N7O3S2/c1-2-42-29(41)19-5-9-37(10-6-19)26-22(32)3-4-23(34-26)27(40)38-11-7-21(8-12-38)36-13-15-39(16-14-36)28-25(35-30(33)44-28)24-17-20(31)18-43-24/h3-4,17-19,21H,2,5-16H2,1H3,(H2,33,35). The second-order valence-electron chi connectivity index (χ2n) is 11.4. The molecule has 14 heteroatoms. The first-order chi connectivity index (χ1) is 21.3. The predicted molar refractivity (Wildman–Crippen MR) is 178 cm³/mol. The van der Waals surface area contributed by atoms with Crippen LogP contribution >= 0.6 is 45.9 Å². The number of aromatic nitrogens is 2. The molecule has 1 amide bonds. The number of likely N-dealkylation sites (tertiary alicyclic amines) is 1. The Bertz CT molecular complexity index is 1480. The van der Waals surface area contributed by atoms with E-state index >= 15 is 0 Å². The highest BCUT2D eigenvalue weighted by Crippen LogP contribution is 2.41. The summed E-state index contributed by atoms with van der Waals surface area (Å²) in [5.41, 5.74) is 7.45. The van der Waals surface area contributed by atoms with Crippen molar-refractivity contribution in [3.8, 4) is 10.6 Å². The van der Waals surface area contributed by atoms with Crippen molar-refractivity contribution in [2.75, 3.05) is 74.5 Å². The summed E-state index contributed by atoms with van der Waals surface area (Å²) in [6.07, 6.45) is 3.22. The third-order valence-electron chi connectivity index (χ3n) is 8.76. The number of rotatable bonds is 7. The van der Waals surface area contributed by atoms with Crippen LogP contribution in [0.5, 0.6) is 0 Å². The number of nitrogens with zero attached hydrogens (tertiary/aromatic N) is 6. The van der Waals surface area contributed by atoms with Crippen LogP contribution in [0.4, 0.5) is 16.0 Å². The molecule has 44 heavy (non-hydrogen) atoms. The normalized spacial score (nSPS) is 19.0. The Morgan fingerprint density at radius 1 is 0.977 bits per heavy atom. The molecule has 236 valence electrons. The van der Waals surface area contributed by atoms with Crippen LogP contribution in [0.1, 0.15) is 43.1 Å². The Morgan fingerprint density at radius 2 is 1.70 bits per heavy atom. The third kappa shape index (κ3) is 6.79. The van der Waals surface area contributed by atoms with E-state index in [4.69, 9.17) is 38.7 Å². The number of piperidine rings is 2. The molecule has 0 saturated carbocycles. The summed E-state index contributed by atoms with van der Waals surface area (Å²) < 4.78 is 5.19. The van der Waals surface area contributed by atoms with Gasteiger partial charge >= 0.3 is 5.97 Å². The minimum Gasteiger partial charge on any atom is -0.466 e. The van der Waals surface area contributed by atoms with Crippen LogP contribution in [0, 0.1) is 5.92 Å². The molecule has 3 aromatic rings. The molecule has 3 aromatic heterocycles. The number of nitrogen functional groups attached to an aromatic ring is 1. The number of anilines is 3. The van der Waals surface area contributed by atoms with Crippen LogP contribution in [-0.4, -0.2) is 96.7 Å². The number of hydrogen-bond donors (Lipinski definition) is 1. The van der Waals surface area contributed by atoms with Crippen molar-refractivity contribution >= 4 is 73.7 Å². The Hall–Kier alpha value is -2.64. The average Bonchev–Trinajstić information content (AvgIpc) is 3.66. The van der Waals surface area contributed by atoms with Gasteiger partial charge in [0.2, 0.25) is 0 Å². The van der Waals surface area contributed by atoms with Crippen LogP contribution in [0.3, 0.4) is 0 Å². The fourth-order valence-corrected chi connectivity index (χ4v) is 8.64. The Balaban J connectivity index is 1.01. The van der Waals surface area contributed by atoms with Gasteiger partial charge in [-0.1, -0.05) is 34.5 Å². The number of thiazole rings is 1. The van der Waals surface area contributed by atoms with Gasteiger partial charge < -0.3 is 25.2 Å². The third-order valence-corrected chi connectivity index (χ3v) is 11.3. The molecule has 3 fully saturated rings. The number of hydrogen-bond acceptors (Lipinski definition) is 11. The van der Waals surface area contributed by atoms with Gasteiger partial charge in [-0.05, 0) is 50.8 Å². The van der Waals surface area contributed by atoms with Crippen molar-refractivity contribution in [2.24, 2.45) is 5.92 Å². The van der Waals surface area contributed by atoms with Gasteiger partial charge in [0, 0.05) is 63.8 Å². The fourth-order valence-electron chi connectivity index (χ4n) is 6.39. The van der Waals surface area contributed by atoms with Gasteiger partial charge in [0.1, 0.15) is 22.2 Å². The lowest BCUT2D eigenvalue weighted by molar-refractivity contribution is -0.148. The van der Waals surface area contributed by atoms with E-state index in [9.17, 15) is 9.59 Å². The molecular formula is C30H37Cl2N7O3S2. The number of carbonyl (C=O) groups is 2. The predicted octanol–water partition coefficient (Wildman–Crippen LogP) is 5.36. The van der Waals surface area contributed by atoms with Gasteiger partial charge in [0.25, 0.3) is 5.91 Å². The molecule has 2 N–H and O–H groups in total. The molecule has 3 saturated heterocycles. The zero-order valence-corrected chi connectivity index (χ0v) is 27.9. The molecule has 6 rings (SSSR count). The maximum atomic E-state index is 13.5. The second kappa shape index (κ2) is 13.8. The van der Waals surface area contributed by atoms with E-state index in [1.54, 1.807) is 23.5 Å².